The largest absolute Gasteiger partial charge is 0.356 e. The van der Waals surface area contributed by atoms with Crippen molar-refractivity contribution < 1.29 is 13.2 Å². The Kier molecular flexibility index (Phi) is 6.36. The van der Waals surface area contributed by atoms with E-state index in [1.807, 2.05) is 18.2 Å². The molecular weight excluding hydrogens is 400 g/mol. The normalized spacial score (nSPS) is 19.0. The molecule has 0 aliphatic carbocycles. The predicted molar refractivity (Wildman–Crippen MR) is 117 cm³/mol. The molecule has 0 atom stereocenters. The zero-order valence-electron chi connectivity index (χ0n) is 17.0. The molecule has 0 radical (unpaired) electrons. The minimum atomic E-state index is -3.51. The number of aromatic nitrogens is 1. The molecule has 8 heteroatoms. The van der Waals surface area contributed by atoms with Crippen LogP contribution in [0.1, 0.15) is 28.9 Å². The Morgan fingerprint density at radius 3 is 2.40 bits per heavy atom. The summed E-state index contributed by atoms with van der Waals surface area (Å²) in [5, 5.41) is 0. The molecule has 2 aliphatic heterocycles. The van der Waals surface area contributed by atoms with Crippen LogP contribution in [0.5, 0.6) is 0 Å². The van der Waals surface area contributed by atoms with Crippen molar-refractivity contribution in [3.8, 4) is 0 Å². The Morgan fingerprint density at radius 2 is 1.70 bits per heavy atom. The number of carbonyl (C=O) groups excluding carboxylic acids is 1. The number of aromatic amines is 1. The fourth-order valence-corrected chi connectivity index (χ4v) is 5.44. The van der Waals surface area contributed by atoms with Gasteiger partial charge in [0.2, 0.25) is 10.0 Å². The maximum atomic E-state index is 12.8. The van der Waals surface area contributed by atoms with Gasteiger partial charge in [-0.05, 0) is 24.5 Å². The number of piperazine rings is 1. The number of sulfonamides is 1. The first-order chi connectivity index (χ1) is 14.5. The summed E-state index contributed by atoms with van der Waals surface area (Å²) in [5.74, 6) is -0.141. The average Bonchev–Trinajstić information content (AvgIpc) is 3.48. The van der Waals surface area contributed by atoms with Crippen molar-refractivity contribution >= 4 is 22.0 Å². The monoisotopic (exact) mass is 428 g/mol. The third kappa shape index (κ3) is 4.66. The molecule has 2 aromatic rings. The van der Waals surface area contributed by atoms with Gasteiger partial charge < -0.3 is 9.88 Å². The number of rotatable bonds is 6. The number of hydrogen-bond acceptors (Lipinski definition) is 4. The van der Waals surface area contributed by atoms with Crippen LogP contribution in [-0.4, -0.2) is 79.2 Å². The maximum absolute atomic E-state index is 12.8. The van der Waals surface area contributed by atoms with Crippen LogP contribution in [0.3, 0.4) is 0 Å². The van der Waals surface area contributed by atoms with Gasteiger partial charge in [-0.15, -0.1) is 0 Å². The van der Waals surface area contributed by atoms with E-state index in [0.717, 1.165) is 32.5 Å². The number of benzene rings is 1. The van der Waals surface area contributed by atoms with Gasteiger partial charge in [-0.3, -0.25) is 9.69 Å². The number of carbonyl (C=O) groups is 1. The van der Waals surface area contributed by atoms with Crippen molar-refractivity contribution in [1.82, 2.24) is 19.1 Å². The Labute approximate surface area is 178 Å². The van der Waals surface area contributed by atoms with E-state index in [1.165, 1.54) is 22.1 Å². The second-order valence-electron chi connectivity index (χ2n) is 7.77. The molecule has 1 aromatic carbocycles. The molecule has 2 saturated heterocycles. The standard InChI is InChI=1S/C22H28N4O3S/c27-22(21-17-20(18-23-21)30(28,29)26-11-4-5-12-26)25-15-13-24(14-16-25)10-6-9-19-7-2-1-3-8-19/h1-3,6-9,17-18,23H,4-5,10-16H2/b9-6+. The summed E-state index contributed by atoms with van der Waals surface area (Å²) in [6, 6.07) is 11.7. The van der Waals surface area contributed by atoms with Gasteiger partial charge in [-0.1, -0.05) is 42.5 Å². The van der Waals surface area contributed by atoms with Crippen LogP contribution in [0.2, 0.25) is 0 Å². The number of nitrogens with one attached hydrogen (secondary N) is 1. The predicted octanol–water partition coefficient (Wildman–Crippen LogP) is 2.27. The van der Waals surface area contributed by atoms with Crippen LogP contribution < -0.4 is 0 Å². The summed E-state index contributed by atoms with van der Waals surface area (Å²) >= 11 is 0. The highest BCUT2D eigenvalue weighted by Crippen LogP contribution is 2.22. The Morgan fingerprint density at radius 1 is 1.00 bits per heavy atom. The number of amides is 1. The van der Waals surface area contributed by atoms with Crippen LogP contribution in [0.15, 0.2) is 53.6 Å². The van der Waals surface area contributed by atoms with E-state index in [4.69, 9.17) is 0 Å². The lowest BCUT2D eigenvalue weighted by Crippen LogP contribution is -2.48. The van der Waals surface area contributed by atoms with Crippen molar-refractivity contribution in [2.24, 2.45) is 0 Å². The van der Waals surface area contributed by atoms with E-state index in [-0.39, 0.29) is 10.8 Å². The van der Waals surface area contributed by atoms with Crippen molar-refractivity contribution in [3.05, 3.63) is 59.9 Å². The third-order valence-electron chi connectivity index (χ3n) is 5.72. The zero-order chi connectivity index (χ0) is 21.0. The fraction of sp³-hybridized carbons (Fsp3) is 0.409. The van der Waals surface area contributed by atoms with Gasteiger partial charge in [-0.2, -0.15) is 4.31 Å². The molecule has 1 N–H and O–H groups in total. The van der Waals surface area contributed by atoms with E-state index >= 15 is 0 Å². The Bertz CT molecular complexity index is 986. The van der Waals surface area contributed by atoms with E-state index in [2.05, 4.69) is 34.2 Å². The van der Waals surface area contributed by atoms with Crippen molar-refractivity contribution in [2.75, 3.05) is 45.8 Å². The van der Waals surface area contributed by atoms with Gasteiger partial charge >= 0.3 is 0 Å². The lowest BCUT2D eigenvalue weighted by atomic mass is 10.2. The molecule has 160 valence electrons. The summed E-state index contributed by atoms with van der Waals surface area (Å²) in [5.41, 5.74) is 1.52. The number of H-pyrrole nitrogens is 1. The first-order valence-corrected chi connectivity index (χ1v) is 11.9. The Hall–Kier alpha value is -2.42. The molecule has 7 nitrogen and oxygen atoms in total. The highest BCUT2D eigenvalue weighted by atomic mass is 32.2. The first kappa shape index (κ1) is 20.8. The summed E-state index contributed by atoms with van der Waals surface area (Å²) in [4.78, 5) is 20.0. The molecule has 0 saturated carbocycles. The van der Waals surface area contributed by atoms with Crippen molar-refractivity contribution in [2.45, 2.75) is 17.7 Å². The first-order valence-electron chi connectivity index (χ1n) is 10.5. The van der Waals surface area contributed by atoms with Crippen molar-refractivity contribution in [1.29, 1.82) is 0 Å². The Balaban J connectivity index is 1.30. The molecule has 3 heterocycles. The van der Waals surface area contributed by atoms with Crippen LogP contribution in [0.4, 0.5) is 0 Å². The SMILES string of the molecule is O=C(c1cc(S(=O)(=O)N2CCCC2)c[nH]1)N1CCN(C/C=C/c2ccccc2)CC1. The average molecular weight is 429 g/mol. The molecule has 2 aliphatic rings. The lowest BCUT2D eigenvalue weighted by Gasteiger charge is -2.33. The van der Waals surface area contributed by atoms with Crippen LogP contribution >= 0.6 is 0 Å². The zero-order valence-corrected chi connectivity index (χ0v) is 17.9. The summed E-state index contributed by atoms with van der Waals surface area (Å²) in [6.07, 6.45) is 7.47. The van der Waals surface area contributed by atoms with Crippen LogP contribution in [0.25, 0.3) is 6.08 Å². The van der Waals surface area contributed by atoms with Crippen LogP contribution in [-0.2, 0) is 10.0 Å². The number of hydrogen-bond donors (Lipinski definition) is 1. The second kappa shape index (κ2) is 9.16. The van der Waals surface area contributed by atoms with Crippen LogP contribution in [0, 0.1) is 0 Å². The molecule has 0 spiro atoms. The highest BCUT2D eigenvalue weighted by molar-refractivity contribution is 7.89. The molecule has 4 rings (SSSR count). The van der Waals surface area contributed by atoms with E-state index in [0.29, 0.717) is 31.9 Å². The molecule has 30 heavy (non-hydrogen) atoms. The fourth-order valence-electron chi connectivity index (χ4n) is 3.93. The molecule has 2 fully saturated rings. The topological polar surface area (TPSA) is 76.7 Å². The van der Waals surface area contributed by atoms with Gasteiger partial charge in [0, 0.05) is 52.0 Å². The second-order valence-corrected chi connectivity index (χ2v) is 9.70. The lowest BCUT2D eigenvalue weighted by molar-refractivity contribution is 0.0645. The minimum Gasteiger partial charge on any atom is -0.356 e. The molecule has 1 aromatic heterocycles. The van der Waals surface area contributed by atoms with Gasteiger partial charge in [0.25, 0.3) is 5.91 Å². The van der Waals surface area contributed by atoms with Crippen molar-refractivity contribution in [3.63, 3.8) is 0 Å². The van der Waals surface area contributed by atoms with Gasteiger partial charge in [-0.25, -0.2) is 8.42 Å². The van der Waals surface area contributed by atoms with E-state index in [9.17, 15) is 13.2 Å². The number of nitrogens with zero attached hydrogens (tertiary/aromatic N) is 3. The van der Waals surface area contributed by atoms with Gasteiger partial charge in [0.15, 0.2) is 0 Å². The smallest absolute Gasteiger partial charge is 0.270 e. The third-order valence-corrected chi connectivity index (χ3v) is 7.60. The molecule has 1 amide bonds. The summed E-state index contributed by atoms with van der Waals surface area (Å²) in [7, 11) is -3.51. The maximum Gasteiger partial charge on any atom is 0.270 e. The van der Waals surface area contributed by atoms with Gasteiger partial charge in [0.05, 0.1) is 0 Å². The van der Waals surface area contributed by atoms with Gasteiger partial charge in [0.1, 0.15) is 10.6 Å². The summed E-state index contributed by atoms with van der Waals surface area (Å²) < 4.78 is 26.8. The van der Waals surface area contributed by atoms with E-state index in [1.54, 1.807) is 4.90 Å². The molecule has 0 bridgehead atoms. The minimum absolute atomic E-state index is 0.141. The molecular formula is C22H28N4O3S. The quantitative estimate of drug-likeness (QED) is 0.766. The molecule has 0 unspecified atom stereocenters. The van der Waals surface area contributed by atoms with E-state index < -0.39 is 10.0 Å². The highest BCUT2D eigenvalue weighted by Gasteiger charge is 2.30. The summed E-state index contributed by atoms with van der Waals surface area (Å²) in [6.45, 7) is 4.80.